The highest BCUT2D eigenvalue weighted by molar-refractivity contribution is 5.93. The molecule has 1 heterocycles. The molecule has 0 radical (unpaired) electrons. The summed E-state index contributed by atoms with van der Waals surface area (Å²) in [5.74, 6) is 0.397. The van der Waals surface area contributed by atoms with Crippen LogP contribution in [0.4, 0.5) is 10.5 Å². The summed E-state index contributed by atoms with van der Waals surface area (Å²) in [6, 6.07) is 22.6. The van der Waals surface area contributed by atoms with Crippen molar-refractivity contribution in [2.24, 2.45) is 0 Å². The normalized spacial score (nSPS) is 22.3. The zero-order valence-corrected chi connectivity index (χ0v) is 17.0. The monoisotopic (exact) mass is 399 g/mol. The van der Waals surface area contributed by atoms with E-state index in [1.54, 1.807) is 11.8 Å². The zero-order valence-electron chi connectivity index (χ0n) is 17.0. The number of nitrogens with zero attached hydrogens (tertiary/aromatic N) is 1. The van der Waals surface area contributed by atoms with Crippen LogP contribution in [0.1, 0.15) is 42.9 Å². The lowest BCUT2D eigenvalue weighted by atomic mass is 9.96. The van der Waals surface area contributed by atoms with E-state index in [1.807, 2.05) is 30.3 Å². The number of para-hydroxylation sites is 1. The van der Waals surface area contributed by atoms with Gasteiger partial charge in [-0.1, -0.05) is 60.7 Å². The van der Waals surface area contributed by atoms with Crippen molar-refractivity contribution in [2.75, 3.05) is 11.4 Å². The van der Waals surface area contributed by atoms with Crippen LogP contribution in [0.3, 0.4) is 0 Å². The fraction of sp³-hybridized carbons (Fsp3) is 0.280. The van der Waals surface area contributed by atoms with Gasteiger partial charge in [0, 0.05) is 31.1 Å². The fourth-order valence-corrected chi connectivity index (χ4v) is 4.57. The van der Waals surface area contributed by atoms with Crippen LogP contribution in [0.15, 0.2) is 66.7 Å². The molecule has 3 amide bonds. The third kappa shape index (κ3) is 3.52. The van der Waals surface area contributed by atoms with E-state index in [1.165, 1.54) is 16.3 Å². The number of anilines is 1. The van der Waals surface area contributed by atoms with Gasteiger partial charge in [-0.05, 0) is 40.8 Å². The number of carbonyl (C=O) groups excluding carboxylic acids is 2. The van der Waals surface area contributed by atoms with E-state index in [0.717, 1.165) is 17.7 Å². The standard InChI is InChI=1S/C25H25N3O2/c1-16(29)28-13-12-22(20-8-4-5-9-24(20)28)26-25(30)27-23-15-21(23)19-11-10-17-6-2-3-7-18(17)14-19/h2-11,14,21-23H,12-13,15H2,1H3,(H2,26,27,30)/t21-,22?,23+/m0/s1. The Kier molecular flexibility index (Phi) is 4.66. The van der Waals surface area contributed by atoms with Crippen molar-refractivity contribution in [3.63, 3.8) is 0 Å². The van der Waals surface area contributed by atoms with E-state index >= 15 is 0 Å². The summed E-state index contributed by atoms with van der Waals surface area (Å²) in [5, 5.41) is 8.72. The van der Waals surface area contributed by atoms with Gasteiger partial charge in [0.25, 0.3) is 0 Å². The minimum Gasteiger partial charge on any atom is -0.335 e. The Bertz CT molecular complexity index is 1130. The number of urea groups is 1. The van der Waals surface area contributed by atoms with Crippen molar-refractivity contribution < 1.29 is 9.59 Å². The lowest BCUT2D eigenvalue weighted by Gasteiger charge is -2.34. The minimum atomic E-state index is -0.139. The first-order valence-electron chi connectivity index (χ1n) is 10.5. The van der Waals surface area contributed by atoms with Crippen LogP contribution in [-0.4, -0.2) is 24.5 Å². The van der Waals surface area contributed by atoms with Gasteiger partial charge in [0.05, 0.1) is 6.04 Å². The Balaban J connectivity index is 1.24. The second-order valence-corrected chi connectivity index (χ2v) is 8.24. The van der Waals surface area contributed by atoms with Gasteiger partial charge in [-0.15, -0.1) is 0 Å². The van der Waals surface area contributed by atoms with Crippen LogP contribution in [0, 0.1) is 0 Å². The van der Waals surface area contributed by atoms with Crippen LogP contribution in [0.25, 0.3) is 10.8 Å². The maximum absolute atomic E-state index is 12.7. The highest BCUT2D eigenvalue weighted by Crippen LogP contribution is 2.42. The molecule has 2 N–H and O–H groups in total. The average molecular weight is 399 g/mol. The number of fused-ring (bicyclic) bond motifs is 2. The van der Waals surface area contributed by atoms with Crippen LogP contribution in [0.2, 0.25) is 0 Å². The highest BCUT2D eigenvalue weighted by atomic mass is 16.2. The van der Waals surface area contributed by atoms with Crippen molar-refractivity contribution in [3.05, 3.63) is 77.9 Å². The second kappa shape index (κ2) is 7.48. The molecule has 3 atom stereocenters. The zero-order chi connectivity index (χ0) is 20.7. The van der Waals surface area contributed by atoms with E-state index in [-0.39, 0.29) is 24.0 Å². The number of nitrogens with one attached hydrogen (secondary N) is 2. The highest BCUT2D eigenvalue weighted by Gasteiger charge is 2.40. The SMILES string of the molecule is CC(=O)N1CCC(NC(=O)N[C@@H]2C[C@H]2c2ccc3ccccc3c2)c2ccccc21. The number of hydrogen-bond acceptors (Lipinski definition) is 2. The van der Waals surface area contributed by atoms with Gasteiger partial charge in [0.1, 0.15) is 0 Å². The van der Waals surface area contributed by atoms with Crippen LogP contribution < -0.4 is 15.5 Å². The van der Waals surface area contributed by atoms with Crippen molar-refractivity contribution in [1.29, 1.82) is 0 Å². The van der Waals surface area contributed by atoms with Gasteiger partial charge in [-0.2, -0.15) is 0 Å². The van der Waals surface area contributed by atoms with Gasteiger partial charge in [0.15, 0.2) is 0 Å². The molecular formula is C25H25N3O2. The lowest BCUT2D eigenvalue weighted by molar-refractivity contribution is -0.116. The lowest BCUT2D eigenvalue weighted by Crippen LogP contribution is -2.44. The third-order valence-electron chi connectivity index (χ3n) is 6.24. The smallest absolute Gasteiger partial charge is 0.315 e. The molecule has 5 heteroatoms. The van der Waals surface area contributed by atoms with Crippen molar-refractivity contribution in [1.82, 2.24) is 10.6 Å². The Labute approximate surface area is 176 Å². The second-order valence-electron chi connectivity index (χ2n) is 8.24. The van der Waals surface area contributed by atoms with Crippen LogP contribution in [-0.2, 0) is 4.79 Å². The molecule has 152 valence electrons. The van der Waals surface area contributed by atoms with Crippen molar-refractivity contribution in [2.45, 2.75) is 37.8 Å². The van der Waals surface area contributed by atoms with Gasteiger partial charge in [-0.25, -0.2) is 4.79 Å². The molecule has 2 aliphatic rings. The Hall–Kier alpha value is -3.34. The average Bonchev–Trinajstić information content (AvgIpc) is 3.52. The van der Waals surface area contributed by atoms with E-state index in [0.29, 0.717) is 18.9 Å². The van der Waals surface area contributed by atoms with E-state index in [2.05, 4.69) is 47.0 Å². The Morgan fingerprint density at radius 3 is 2.53 bits per heavy atom. The summed E-state index contributed by atoms with van der Waals surface area (Å²) >= 11 is 0. The molecule has 5 nitrogen and oxygen atoms in total. The molecule has 1 fully saturated rings. The van der Waals surface area contributed by atoms with E-state index < -0.39 is 0 Å². The molecule has 1 saturated carbocycles. The Morgan fingerprint density at radius 1 is 0.933 bits per heavy atom. The summed E-state index contributed by atoms with van der Waals surface area (Å²) in [6.45, 7) is 2.19. The Morgan fingerprint density at radius 2 is 1.70 bits per heavy atom. The summed E-state index contributed by atoms with van der Waals surface area (Å²) in [5.41, 5.74) is 3.16. The molecule has 1 unspecified atom stereocenters. The molecule has 1 aliphatic heterocycles. The minimum absolute atomic E-state index is 0.0292. The predicted molar refractivity (Wildman–Crippen MR) is 119 cm³/mol. The summed E-state index contributed by atoms with van der Waals surface area (Å²) in [7, 11) is 0. The fourth-order valence-electron chi connectivity index (χ4n) is 4.57. The largest absolute Gasteiger partial charge is 0.335 e. The number of rotatable bonds is 3. The predicted octanol–water partition coefficient (Wildman–Crippen LogP) is 4.49. The molecule has 0 aromatic heterocycles. The van der Waals surface area contributed by atoms with Gasteiger partial charge < -0.3 is 15.5 Å². The van der Waals surface area contributed by atoms with Gasteiger partial charge >= 0.3 is 6.03 Å². The first-order valence-corrected chi connectivity index (χ1v) is 10.5. The molecule has 3 aromatic carbocycles. The molecule has 0 bridgehead atoms. The summed E-state index contributed by atoms with van der Waals surface area (Å²) in [4.78, 5) is 26.4. The third-order valence-corrected chi connectivity index (χ3v) is 6.24. The van der Waals surface area contributed by atoms with E-state index in [4.69, 9.17) is 0 Å². The molecule has 0 saturated heterocycles. The quantitative estimate of drug-likeness (QED) is 0.682. The number of amides is 3. The molecule has 30 heavy (non-hydrogen) atoms. The molecule has 0 spiro atoms. The van der Waals surface area contributed by atoms with Crippen LogP contribution >= 0.6 is 0 Å². The first-order chi connectivity index (χ1) is 14.6. The maximum atomic E-state index is 12.7. The first kappa shape index (κ1) is 18.7. The van der Waals surface area contributed by atoms with Crippen LogP contribution in [0.5, 0.6) is 0 Å². The molecule has 1 aliphatic carbocycles. The number of carbonyl (C=O) groups is 2. The van der Waals surface area contributed by atoms with E-state index in [9.17, 15) is 9.59 Å². The maximum Gasteiger partial charge on any atom is 0.315 e. The molecule has 3 aromatic rings. The van der Waals surface area contributed by atoms with Crippen molar-refractivity contribution >= 4 is 28.4 Å². The van der Waals surface area contributed by atoms with Crippen molar-refractivity contribution in [3.8, 4) is 0 Å². The summed E-state index contributed by atoms with van der Waals surface area (Å²) < 4.78 is 0. The molecule has 5 rings (SSSR count). The summed E-state index contributed by atoms with van der Waals surface area (Å²) in [6.07, 6.45) is 1.67. The molecular weight excluding hydrogens is 374 g/mol. The number of benzene rings is 3. The van der Waals surface area contributed by atoms with Gasteiger partial charge in [0.2, 0.25) is 5.91 Å². The topological polar surface area (TPSA) is 61.4 Å². The van der Waals surface area contributed by atoms with Gasteiger partial charge in [-0.3, -0.25) is 4.79 Å². The number of hydrogen-bond donors (Lipinski definition) is 2.